The van der Waals surface area contributed by atoms with E-state index in [0.29, 0.717) is 0 Å². The van der Waals surface area contributed by atoms with Crippen LogP contribution in [-0.4, -0.2) is 21.5 Å². The minimum absolute atomic E-state index is 0.228. The number of rotatable bonds is 3. The number of anilines is 1. The summed E-state index contributed by atoms with van der Waals surface area (Å²) < 4.78 is 13.1. The van der Waals surface area contributed by atoms with Crippen LogP contribution in [0.5, 0.6) is 0 Å². The molecule has 1 aliphatic heterocycles. The van der Waals surface area contributed by atoms with Crippen molar-refractivity contribution in [1.29, 1.82) is 0 Å². The summed E-state index contributed by atoms with van der Waals surface area (Å²) in [6, 6.07) is 6.46. The Morgan fingerprint density at radius 2 is 2.04 bits per heavy atom. The van der Waals surface area contributed by atoms with E-state index in [4.69, 9.17) is 4.98 Å². The van der Waals surface area contributed by atoms with Gasteiger partial charge in [-0.3, -0.25) is 0 Å². The number of aromatic nitrogens is 3. The Morgan fingerprint density at radius 3 is 2.83 bits per heavy atom. The predicted molar refractivity (Wildman–Crippen MR) is 93.7 cm³/mol. The van der Waals surface area contributed by atoms with E-state index in [0.717, 1.165) is 53.8 Å². The van der Waals surface area contributed by atoms with Gasteiger partial charge in [0.25, 0.3) is 0 Å². The maximum absolute atomic E-state index is 13.1. The SMILES string of the molecule is CCc1ncc2c(n1)CN(c1nc(-c3ccc(F)cc3)cs1)CC2. The maximum Gasteiger partial charge on any atom is 0.186 e. The van der Waals surface area contributed by atoms with Crippen LogP contribution < -0.4 is 4.90 Å². The van der Waals surface area contributed by atoms with E-state index in [1.807, 2.05) is 11.6 Å². The third-order valence-electron chi connectivity index (χ3n) is 4.21. The molecule has 3 aromatic rings. The van der Waals surface area contributed by atoms with Gasteiger partial charge in [-0.15, -0.1) is 11.3 Å². The first-order chi connectivity index (χ1) is 11.7. The van der Waals surface area contributed by atoms with E-state index in [2.05, 4.69) is 21.8 Å². The molecule has 1 aliphatic rings. The third-order valence-corrected chi connectivity index (χ3v) is 5.12. The minimum atomic E-state index is -0.228. The molecule has 122 valence electrons. The molecule has 0 saturated carbocycles. The van der Waals surface area contributed by atoms with Crippen LogP contribution in [0.3, 0.4) is 0 Å². The molecule has 3 heterocycles. The number of fused-ring (bicyclic) bond motifs is 1. The topological polar surface area (TPSA) is 41.9 Å². The fourth-order valence-electron chi connectivity index (χ4n) is 2.84. The van der Waals surface area contributed by atoms with Crippen LogP contribution in [0, 0.1) is 5.82 Å². The number of halogens is 1. The molecule has 0 radical (unpaired) electrons. The van der Waals surface area contributed by atoms with Crippen molar-refractivity contribution in [3.63, 3.8) is 0 Å². The van der Waals surface area contributed by atoms with E-state index in [9.17, 15) is 4.39 Å². The molecule has 4 rings (SSSR count). The zero-order valence-electron chi connectivity index (χ0n) is 13.4. The highest BCUT2D eigenvalue weighted by Crippen LogP contribution is 2.30. The third kappa shape index (κ3) is 2.89. The van der Waals surface area contributed by atoms with Crippen molar-refractivity contribution in [3.8, 4) is 11.3 Å². The number of aryl methyl sites for hydroxylation is 1. The molecular formula is C18H17FN4S. The number of benzene rings is 1. The monoisotopic (exact) mass is 340 g/mol. The Hall–Kier alpha value is -2.34. The fourth-order valence-corrected chi connectivity index (χ4v) is 3.70. The summed E-state index contributed by atoms with van der Waals surface area (Å²) in [4.78, 5) is 16.0. The van der Waals surface area contributed by atoms with E-state index < -0.39 is 0 Å². The average molecular weight is 340 g/mol. The van der Waals surface area contributed by atoms with Gasteiger partial charge in [-0.25, -0.2) is 19.3 Å². The van der Waals surface area contributed by atoms with E-state index in [-0.39, 0.29) is 5.82 Å². The molecule has 2 aromatic heterocycles. The predicted octanol–water partition coefficient (Wildman–Crippen LogP) is 3.86. The van der Waals surface area contributed by atoms with E-state index in [1.165, 1.54) is 17.7 Å². The standard InChI is InChI=1S/C18H17FN4S/c1-2-17-20-9-13-7-8-23(10-15(13)21-17)18-22-16(11-24-18)12-3-5-14(19)6-4-12/h3-6,9,11H,2,7-8,10H2,1H3. The molecular weight excluding hydrogens is 323 g/mol. The number of hydrogen-bond acceptors (Lipinski definition) is 5. The zero-order chi connectivity index (χ0) is 16.5. The highest BCUT2D eigenvalue weighted by Gasteiger charge is 2.21. The molecule has 6 heteroatoms. The summed E-state index contributed by atoms with van der Waals surface area (Å²) in [6.07, 6.45) is 3.74. The highest BCUT2D eigenvalue weighted by atomic mass is 32.1. The fraction of sp³-hybridized carbons (Fsp3) is 0.278. The number of thiazole rings is 1. The molecule has 0 aliphatic carbocycles. The number of nitrogens with zero attached hydrogens (tertiary/aromatic N) is 4. The van der Waals surface area contributed by atoms with Crippen LogP contribution in [0.25, 0.3) is 11.3 Å². The molecule has 0 unspecified atom stereocenters. The summed E-state index contributed by atoms with van der Waals surface area (Å²) in [5.74, 6) is 0.662. The second-order valence-electron chi connectivity index (χ2n) is 5.81. The average Bonchev–Trinajstić information content (AvgIpc) is 3.11. The lowest BCUT2D eigenvalue weighted by atomic mass is 10.1. The molecule has 0 spiro atoms. The van der Waals surface area contributed by atoms with Crippen molar-refractivity contribution in [2.24, 2.45) is 0 Å². The van der Waals surface area contributed by atoms with Crippen LogP contribution in [0.1, 0.15) is 24.0 Å². The Balaban J connectivity index is 1.58. The van der Waals surface area contributed by atoms with Crippen molar-refractivity contribution >= 4 is 16.5 Å². The summed E-state index contributed by atoms with van der Waals surface area (Å²) in [6.45, 7) is 3.75. The second-order valence-corrected chi connectivity index (χ2v) is 6.64. The highest BCUT2D eigenvalue weighted by molar-refractivity contribution is 7.14. The van der Waals surface area contributed by atoms with Gasteiger partial charge in [0.15, 0.2) is 5.13 Å². The van der Waals surface area contributed by atoms with Gasteiger partial charge >= 0.3 is 0 Å². The lowest BCUT2D eigenvalue weighted by Crippen LogP contribution is -2.31. The molecule has 24 heavy (non-hydrogen) atoms. The normalized spacial score (nSPS) is 13.8. The molecule has 0 bridgehead atoms. The van der Waals surface area contributed by atoms with Crippen molar-refractivity contribution in [1.82, 2.24) is 15.0 Å². The van der Waals surface area contributed by atoms with E-state index >= 15 is 0 Å². The Kier molecular flexibility index (Phi) is 3.98. The van der Waals surface area contributed by atoms with Gasteiger partial charge in [-0.1, -0.05) is 6.92 Å². The van der Waals surface area contributed by atoms with Crippen LogP contribution in [-0.2, 0) is 19.4 Å². The van der Waals surface area contributed by atoms with Crippen molar-refractivity contribution in [2.75, 3.05) is 11.4 Å². The van der Waals surface area contributed by atoms with Crippen LogP contribution in [0.4, 0.5) is 9.52 Å². The molecule has 0 fully saturated rings. The molecule has 0 saturated heterocycles. The summed E-state index contributed by atoms with van der Waals surface area (Å²) >= 11 is 1.62. The lowest BCUT2D eigenvalue weighted by molar-refractivity contribution is 0.628. The Morgan fingerprint density at radius 1 is 1.21 bits per heavy atom. The van der Waals surface area contributed by atoms with Crippen molar-refractivity contribution in [3.05, 3.63) is 58.7 Å². The van der Waals surface area contributed by atoms with Gasteiger partial charge in [0.1, 0.15) is 11.6 Å². The molecule has 0 N–H and O–H groups in total. The van der Waals surface area contributed by atoms with Crippen LogP contribution >= 0.6 is 11.3 Å². The van der Waals surface area contributed by atoms with E-state index in [1.54, 1.807) is 23.5 Å². The van der Waals surface area contributed by atoms with Gasteiger partial charge in [-0.05, 0) is 36.2 Å². The van der Waals surface area contributed by atoms with Gasteiger partial charge in [0.05, 0.1) is 17.9 Å². The van der Waals surface area contributed by atoms with Crippen molar-refractivity contribution in [2.45, 2.75) is 26.3 Å². The maximum atomic E-state index is 13.1. The molecule has 1 aromatic carbocycles. The quantitative estimate of drug-likeness (QED) is 0.726. The van der Waals surface area contributed by atoms with Gasteiger partial charge in [-0.2, -0.15) is 0 Å². The Bertz CT molecular complexity index is 860. The molecule has 4 nitrogen and oxygen atoms in total. The summed E-state index contributed by atoms with van der Waals surface area (Å²) in [5, 5.41) is 3.01. The van der Waals surface area contributed by atoms with Gasteiger partial charge < -0.3 is 4.90 Å². The van der Waals surface area contributed by atoms with Crippen LogP contribution in [0.15, 0.2) is 35.8 Å². The molecule has 0 atom stereocenters. The molecule has 0 amide bonds. The Labute approximate surface area is 144 Å². The summed E-state index contributed by atoms with van der Waals surface area (Å²) in [5.41, 5.74) is 4.16. The van der Waals surface area contributed by atoms with Crippen LogP contribution in [0.2, 0.25) is 0 Å². The first-order valence-corrected chi connectivity index (χ1v) is 8.91. The zero-order valence-corrected chi connectivity index (χ0v) is 14.2. The van der Waals surface area contributed by atoms with Gasteiger partial charge in [0, 0.05) is 30.1 Å². The number of hydrogen-bond donors (Lipinski definition) is 0. The van der Waals surface area contributed by atoms with Gasteiger partial charge in [0.2, 0.25) is 0 Å². The lowest BCUT2D eigenvalue weighted by Gasteiger charge is -2.27. The largest absolute Gasteiger partial charge is 0.342 e. The smallest absolute Gasteiger partial charge is 0.186 e. The summed E-state index contributed by atoms with van der Waals surface area (Å²) in [7, 11) is 0. The minimum Gasteiger partial charge on any atom is -0.342 e. The second kappa shape index (κ2) is 6.28. The first kappa shape index (κ1) is 15.2. The van der Waals surface area contributed by atoms with Crippen molar-refractivity contribution < 1.29 is 4.39 Å². The first-order valence-electron chi connectivity index (χ1n) is 8.03.